The van der Waals surface area contributed by atoms with Crippen molar-refractivity contribution in [1.29, 1.82) is 0 Å². The quantitative estimate of drug-likeness (QED) is 0.596. The lowest BCUT2D eigenvalue weighted by atomic mass is 9.68. The summed E-state index contributed by atoms with van der Waals surface area (Å²) in [5, 5.41) is 3.21. The molecule has 1 aromatic heterocycles. The lowest BCUT2D eigenvalue weighted by Crippen LogP contribution is -2.44. The fourth-order valence-electron chi connectivity index (χ4n) is 4.55. The van der Waals surface area contributed by atoms with Gasteiger partial charge in [0.05, 0.1) is 16.3 Å². The van der Waals surface area contributed by atoms with Crippen molar-refractivity contribution in [2.45, 2.75) is 62.5 Å². The molecule has 144 valence electrons. The number of carbonyl (C=O) groups excluding carboxylic acids is 1. The van der Waals surface area contributed by atoms with Gasteiger partial charge in [-0.25, -0.2) is 4.98 Å². The van der Waals surface area contributed by atoms with E-state index in [0.717, 1.165) is 40.0 Å². The van der Waals surface area contributed by atoms with E-state index in [1.165, 1.54) is 44.9 Å². The van der Waals surface area contributed by atoms with Crippen LogP contribution < -0.4 is 0 Å². The lowest BCUT2D eigenvalue weighted by molar-refractivity contribution is 0.0469. The van der Waals surface area contributed by atoms with Crippen molar-refractivity contribution < 1.29 is 4.79 Å². The van der Waals surface area contributed by atoms with Gasteiger partial charge in [-0.05, 0) is 50.2 Å². The highest BCUT2D eigenvalue weighted by Crippen LogP contribution is 2.44. The number of aromatic nitrogens is 1. The first-order valence-corrected chi connectivity index (χ1v) is 11.9. The van der Waals surface area contributed by atoms with Gasteiger partial charge < -0.3 is 4.90 Å². The molecule has 1 amide bonds. The fourth-order valence-corrected chi connectivity index (χ4v) is 6.21. The predicted molar refractivity (Wildman–Crippen MR) is 114 cm³/mol. The van der Waals surface area contributed by atoms with Crippen LogP contribution >= 0.6 is 23.1 Å². The average Bonchev–Trinajstić information content (AvgIpc) is 3.13. The van der Waals surface area contributed by atoms with Gasteiger partial charge in [0.2, 0.25) is 0 Å². The smallest absolute Gasteiger partial charge is 0.254 e. The van der Waals surface area contributed by atoms with E-state index in [1.807, 2.05) is 25.1 Å². The van der Waals surface area contributed by atoms with Crippen LogP contribution in [0.15, 0.2) is 34.5 Å². The summed E-state index contributed by atoms with van der Waals surface area (Å²) in [6, 6.07) is 8.07. The number of piperidine rings is 1. The van der Waals surface area contributed by atoms with Gasteiger partial charge in [0.15, 0.2) is 0 Å². The van der Waals surface area contributed by atoms with E-state index in [1.54, 1.807) is 23.1 Å². The summed E-state index contributed by atoms with van der Waals surface area (Å²) in [6.07, 6.45) is 9.27. The van der Waals surface area contributed by atoms with Crippen LogP contribution in [0.2, 0.25) is 0 Å². The highest BCUT2D eigenvalue weighted by molar-refractivity contribution is 7.98. The van der Waals surface area contributed by atoms with Crippen molar-refractivity contribution in [2.24, 2.45) is 5.41 Å². The molecule has 0 bridgehead atoms. The van der Waals surface area contributed by atoms with Crippen molar-refractivity contribution in [3.8, 4) is 0 Å². The third kappa shape index (κ3) is 4.40. The maximum atomic E-state index is 13.2. The van der Waals surface area contributed by atoms with E-state index in [0.29, 0.717) is 5.41 Å². The predicted octanol–water partition coefficient (Wildman–Crippen LogP) is 5.93. The molecule has 5 heteroatoms. The van der Waals surface area contributed by atoms with Crippen molar-refractivity contribution in [2.75, 3.05) is 13.1 Å². The Hall–Kier alpha value is -1.33. The molecule has 1 saturated heterocycles. The number of nitrogens with zero attached hydrogens (tertiary/aromatic N) is 2. The number of amides is 1. The van der Waals surface area contributed by atoms with Crippen molar-refractivity contribution in [1.82, 2.24) is 9.88 Å². The van der Waals surface area contributed by atoms with Gasteiger partial charge in [0, 0.05) is 29.1 Å². The molecule has 27 heavy (non-hydrogen) atoms. The van der Waals surface area contributed by atoms with Crippen LogP contribution in [-0.4, -0.2) is 28.9 Å². The number of carbonyl (C=O) groups is 1. The number of benzene rings is 1. The van der Waals surface area contributed by atoms with Crippen molar-refractivity contribution >= 4 is 29.0 Å². The largest absolute Gasteiger partial charge is 0.339 e. The molecule has 2 aromatic rings. The summed E-state index contributed by atoms with van der Waals surface area (Å²) in [6.45, 7) is 3.87. The normalized spacial score (nSPS) is 19.4. The topological polar surface area (TPSA) is 33.2 Å². The van der Waals surface area contributed by atoms with E-state index in [-0.39, 0.29) is 5.91 Å². The third-order valence-corrected chi connectivity index (χ3v) is 8.11. The Morgan fingerprint density at radius 1 is 1.15 bits per heavy atom. The van der Waals surface area contributed by atoms with Crippen molar-refractivity contribution in [3.63, 3.8) is 0 Å². The molecular formula is C22H28N2OS2. The Morgan fingerprint density at radius 3 is 2.59 bits per heavy atom. The van der Waals surface area contributed by atoms with Gasteiger partial charge in [0.1, 0.15) is 0 Å². The molecule has 0 N–H and O–H groups in total. The van der Waals surface area contributed by atoms with Crippen LogP contribution in [-0.2, 0) is 5.75 Å². The minimum Gasteiger partial charge on any atom is -0.339 e. The maximum absolute atomic E-state index is 13.2. The molecule has 3 nitrogen and oxygen atoms in total. The van der Waals surface area contributed by atoms with Crippen LogP contribution in [0.1, 0.15) is 66.0 Å². The summed E-state index contributed by atoms with van der Waals surface area (Å²) in [5.74, 6) is 1.02. The monoisotopic (exact) mass is 400 g/mol. The van der Waals surface area contributed by atoms with Gasteiger partial charge in [-0.15, -0.1) is 23.1 Å². The molecule has 1 spiro atoms. The number of rotatable bonds is 4. The molecule has 2 heterocycles. The Kier molecular flexibility index (Phi) is 5.88. The Labute approximate surface area is 170 Å². The minimum atomic E-state index is 0.207. The molecule has 4 rings (SSSR count). The highest BCUT2D eigenvalue weighted by Gasteiger charge is 2.37. The summed E-state index contributed by atoms with van der Waals surface area (Å²) >= 11 is 3.41. The number of hydrogen-bond donors (Lipinski definition) is 0. The Bertz CT molecular complexity index is 785. The van der Waals surface area contributed by atoms with Crippen LogP contribution in [0.3, 0.4) is 0 Å². The number of aryl methyl sites for hydroxylation is 1. The van der Waals surface area contributed by atoms with Gasteiger partial charge in [-0.1, -0.05) is 31.4 Å². The second kappa shape index (κ2) is 8.36. The Morgan fingerprint density at radius 2 is 1.89 bits per heavy atom. The molecular weight excluding hydrogens is 372 g/mol. The van der Waals surface area contributed by atoms with Crippen LogP contribution in [0.4, 0.5) is 0 Å². The van der Waals surface area contributed by atoms with E-state index < -0.39 is 0 Å². The molecule has 0 unspecified atom stereocenters. The summed E-state index contributed by atoms with van der Waals surface area (Å²) in [7, 11) is 0. The van der Waals surface area contributed by atoms with E-state index in [4.69, 9.17) is 0 Å². The molecule has 1 aromatic carbocycles. The average molecular weight is 401 g/mol. The third-order valence-electron chi connectivity index (χ3n) is 6.19. The number of likely N-dealkylation sites (tertiary alicyclic amines) is 1. The fraction of sp³-hybridized carbons (Fsp3) is 0.545. The molecule has 1 aliphatic carbocycles. The number of thiazole rings is 1. The lowest BCUT2D eigenvalue weighted by Gasteiger charge is -2.44. The van der Waals surface area contributed by atoms with Gasteiger partial charge in [-0.2, -0.15) is 0 Å². The molecule has 1 saturated carbocycles. The highest BCUT2D eigenvalue weighted by atomic mass is 32.2. The molecule has 0 atom stereocenters. The zero-order valence-electron chi connectivity index (χ0n) is 16.1. The SMILES string of the molecule is Cc1nc(CSc2ccccc2C(=O)N2CCC3(CCCCC3)CC2)cs1. The molecule has 2 fully saturated rings. The van der Waals surface area contributed by atoms with E-state index in [9.17, 15) is 4.79 Å². The van der Waals surface area contributed by atoms with Crippen molar-refractivity contribution in [3.05, 3.63) is 45.9 Å². The first-order chi connectivity index (χ1) is 13.2. The second-order valence-corrected chi connectivity index (χ2v) is 10.1. The standard InChI is InChI=1S/C22H28N2OS2/c1-17-23-18(15-26-17)16-27-20-8-4-3-7-19(20)21(25)24-13-11-22(12-14-24)9-5-2-6-10-22/h3-4,7-8,15H,2,5-6,9-14,16H2,1H3. The first-order valence-electron chi connectivity index (χ1n) is 10.1. The zero-order chi connectivity index (χ0) is 18.7. The molecule has 2 aliphatic rings. The second-order valence-electron chi connectivity index (χ2n) is 8.00. The maximum Gasteiger partial charge on any atom is 0.254 e. The first kappa shape index (κ1) is 19.0. The summed E-state index contributed by atoms with van der Waals surface area (Å²) < 4.78 is 0. The zero-order valence-corrected chi connectivity index (χ0v) is 17.7. The van der Waals surface area contributed by atoms with Crippen LogP contribution in [0.25, 0.3) is 0 Å². The van der Waals surface area contributed by atoms with Crippen LogP contribution in [0.5, 0.6) is 0 Å². The molecule has 0 radical (unpaired) electrons. The Balaban J connectivity index is 1.41. The molecule has 1 aliphatic heterocycles. The summed E-state index contributed by atoms with van der Waals surface area (Å²) in [5.41, 5.74) is 2.49. The van der Waals surface area contributed by atoms with Gasteiger partial charge in [-0.3, -0.25) is 4.79 Å². The van der Waals surface area contributed by atoms with Crippen LogP contribution in [0, 0.1) is 12.3 Å². The van der Waals surface area contributed by atoms with E-state index >= 15 is 0 Å². The van der Waals surface area contributed by atoms with Gasteiger partial charge >= 0.3 is 0 Å². The number of thioether (sulfide) groups is 1. The summed E-state index contributed by atoms with van der Waals surface area (Å²) in [4.78, 5) is 20.9. The van der Waals surface area contributed by atoms with Gasteiger partial charge in [0.25, 0.3) is 5.91 Å². The number of hydrogen-bond acceptors (Lipinski definition) is 4. The minimum absolute atomic E-state index is 0.207. The van der Waals surface area contributed by atoms with E-state index in [2.05, 4.69) is 21.3 Å².